The van der Waals surface area contributed by atoms with Crippen molar-refractivity contribution in [1.29, 1.82) is 0 Å². The Morgan fingerprint density at radius 2 is 1.88 bits per heavy atom. The van der Waals surface area contributed by atoms with Gasteiger partial charge >= 0.3 is 0 Å². The number of aromatic nitrogens is 2. The molecule has 0 aliphatic heterocycles. The minimum Gasteiger partial charge on any atom is -0.394 e. The Bertz CT molecular complexity index is 730. The van der Waals surface area contributed by atoms with E-state index in [0.717, 1.165) is 18.5 Å². The van der Waals surface area contributed by atoms with Crippen molar-refractivity contribution in [3.05, 3.63) is 40.0 Å². The van der Waals surface area contributed by atoms with Gasteiger partial charge in [0, 0.05) is 12.0 Å². The van der Waals surface area contributed by atoms with Gasteiger partial charge in [-0.25, -0.2) is 4.98 Å². The zero-order valence-corrected chi connectivity index (χ0v) is 15.8. The molecule has 2 aromatic rings. The monoisotopic (exact) mass is 380 g/mol. The molecule has 0 spiro atoms. The molecule has 1 saturated carbocycles. The molecule has 1 aliphatic carbocycles. The summed E-state index contributed by atoms with van der Waals surface area (Å²) in [6, 6.07) is 7.18. The molecule has 0 unspecified atom stereocenters. The number of nitrogens with one attached hydrogen (secondary N) is 2. The number of benzene rings is 1. The molecule has 0 bridgehead atoms. The second-order valence-corrected chi connectivity index (χ2v) is 7.49. The maximum absolute atomic E-state index is 9.56. The molecule has 134 valence electrons. The van der Waals surface area contributed by atoms with Crippen molar-refractivity contribution in [2.75, 3.05) is 17.2 Å². The van der Waals surface area contributed by atoms with Crippen molar-refractivity contribution in [1.82, 2.24) is 9.97 Å². The van der Waals surface area contributed by atoms with E-state index in [4.69, 9.17) is 23.2 Å². The standard InChI is InChI=1S/C18H22Cl2N4O/c1-10(2)15(9-25)22-18-21-14(11-6-7-11)8-16(24-18)23-17-12(19)4-3-5-13(17)20/h3-5,8,10-11,15,25H,6-7,9H2,1-2H3,(H2,21,22,23,24)/t15-/m0/s1. The second kappa shape index (κ2) is 7.77. The summed E-state index contributed by atoms with van der Waals surface area (Å²) in [7, 11) is 0. The Kier molecular flexibility index (Phi) is 5.67. The van der Waals surface area contributed by atoms with Gasteiger partial charge in [-0.3, -0.25) is 0 Å². The summed E-state index contributed by atoms with van der Waals surface area (Å²) < 4.78 is 0. The molecule has 5 nitrogen and oxygen atoms in total. The van der Waals surface area contributed by atoms with Crippen LogP contribution in [0, 0.1) is 5.92 Å². The third-order valence-corrected chi connectivity index (χ3v) is 4.90. The number of nitrogens with zero attached hydrogens (tertiary/aromatic N) is 2. The van der Waals surface area contributed by atoms with Gasteiger partial charge < -0.3 is 15.7 Å². The third kappa shape index (κ3) is 4.54. The van der Waals surface area contributed by atoms with E-state index in [1.165, 1.54) is 0 Å². The molecule has 1 heterocycles. The smallest absolute Gasteiger partial charge is 0.225 e. The Morgan fingerprint density at radius 3 is 2.44 bits per heavy atom. The Labute approximate surface area is 157 Å². The lowest BCUT2D eigenvalue weighted by Crippen LogP contribution is -2.30. The van der Waals surface area contributed by atoms with Crippen molar-refractivity contribution in [3.63, 3.8) is 0 Å². The summed E-state index contributed by atoms with van der Waals surface area (Å²) in [5.74, 6) is 1.86. The van der Waals surface area contributed by atoms with Gasteiger partial charge in [-0.15, -0.1) is 0 Å². The average Bonchev–Trinajstić information content (AvgIpc) is 3.41. The highest BCUT2D eigenvalue weighted by Crippen LogP contribution is 2.40. The predicted octanol–water partition coefficient (Wildman–Crippen LogP) is 4.83. The first-order chi connectivity index (χ1) is 12.0. The lowest BCUT2D eigenvalue weighted by molar-refractivity contribution is 0.248. The third-order valence-electron chi connectivity index (χ3n) is 4.27. The highest BCUT2D eigenvalue weighted by molar-refractivity contribution is 6.39. The molecule has 0 radical (unpaired) electrons. The Balaban J connectivity index is 1.90. The Morgan fingerprint density at radius 1 is 1.20 bits per heavy atom. The van der Waals surface area contributed by atoms with Crippen LogP contribution in [0.5, 0.6) is 0 Å². The highest BCUT2D eigenvalue weighted by atomic mass is 35.5. The quantitative estimate of drug-likeness (QED) is 0.641. The first-order valence-electron chi connectivity index (χ1n) is 8.45. The molecule has 7 heteroatoms. The van der Waals surface area contributed by atoms with E-state index >= 15 is 0 Å². The van der Waals surface area contributed by atoms with Crippen molar-refractivity contribution >= 4 is 40.7 Å². The molecule has 0 saturated heterocycles. The molecule has 1 aromatic carbocycles. The fourth-order valence-electron chi connectivity index (χ4n) is 2.52. The zero-order chi connectivity index (χ0) is 18.0. The number of hydrogen-bond acceptors (Lipinski definition) is 5. The predicted molar refractivity (Wildman–Crippen MR) is 103 cm³/mol. The van der Waals surface area contributed by atoms with Crippen molar-refractivity contribution in [3.8, 4) is 0 Å². The molecule has 3 rings (SSSR count). The van der Waals surface area contributed by atoms with Gasteiger partial charge in [0.05, 0.1) is 34.1 Å². The van der Waals surface area contributed by atoms with Crippen LogP contribution >= 0.6 is 23.2 Å². The minimum absolute atomic E-state index is 0.0216. The summed E-state index contributed by atoms with van der Waals surface area (Å²) in [5.41, 5.74) is 1.61. The van der Waals surface area contributed by atoms with Gasteiger partial charge in [-0.2, -0.15) is 4.98 Å². The van der Waals surface area contributed by atoms with Gasteiger partial charge in [0.2, 0.25) is 5.95 Å². The summed E-state index contributed by atoms with van der Waals surface area (Å²) in [4.78, 5) is 9.14. The van der Waals surface area contributed by atoms with E-state index in [1.807, 2.05) is 19.9 Å². The second-order valence-electron chi connectivity index (χ2n) is 6.68. The van der Waals surface area contributed by atoms with Crippen molar-refractivity contribution in [2.45, 2.75) is 38.6 Å². The maximum Gasteiger partial charge on any atom is 0.225 e. The van der Waals surface area contributed by atoms with Gasteiger partial charge in [0.25, 0.3) is 0 Å². The van der Waals surface area contributed by atoms with Crippen LogP contribution in [0.2, 0.25) is 10.0 Å². The largest absolute Gasteiger partial charge is 0.394 e. The molecule has 1 fully saturated rings. The molecule has 1 aromatic heterocycles. The van der Waals surface area contributed by atoms with Gasteiger partial charge in [0.1, 0.15) is 5.82 Å². The first-order valence-corrected chi connectivity index (χ1v) is 9.21. The maximum atomic E-state index is 9.56. The SMILES string of the molecule is CC(C)[C@H](CO)Nc1nc(Nc2c(Cl)cccc2Cl)cc(C2CC2)n1. The van der Waals surface area contributed by atoms with Crippen molar-refractivity contribution < 1.29 is 5.11 Å². The summed E-state index contributed by atoms with van der Waals surface area (Å²) in [6.45, 7) is 4.11. The number of anilines is 3. The lowest BCUT2D eigenvalue weighted by Gasteiger charge is -2.21. The minimum atomic E-state index is -0.105. The fourth-order valence-corrected chi connectivity index (χ4v) is 3.01. The number of hydrogen-bond donors (Lipinski definition) is 3. The van der Waals surface area contributed by atoms with Crippen LogP contribution in [0.4, 0.5) is 17.5 Å². The Hall–Kier alpha value is -1.56. The number of aliphatic hydroxyl groups is 1. The molecule has 3 N–H and O–H groups in total. The van der Waals surface area contributed by atoms with Crippen LogP contribution < -0.4 is 10.6 Å². The lowest BCUT2D eigenvalue weighted by atomic mass is 10.1. The van der Waals surface area contributed by atoms with Crippen LogP contribution in [0.3, 0.4) is 0 Å². The van der Waals surface area contributed by atoms with Gasteiger partial charge in [-0.1, -0.05) is 43.1 Å². The molecule has 1 aliphatic rings. The number of para-hydroxylation sites is 1. The number of aliphatic hydroxyl groups excluding tert-OH is 1. The van der Waals surface area contributed by atoms with E-state index in [2.05, 4.69) is 20.6 Å². The van der Waals surface area contributed by atoms with Crippen LogP contribution in [0.15, 0.2) is 24.3 Å². The summed E-state index contributed by atoms with van der Waals surface area (Å²) in [5, 5.41) is 17.1. The molecular formula is C18H22Cl2N4O. The topological polar surface area (TPSA) is 70.1 Å². The van der Waals surface area contributed by atoms with Crippen LogP contribution in [0.1, 0.15) is 38.3 Å². The van der Waals surface area contributed by atoms with Crippen LogP contribution in [-0.4, -0.2) is 27.7 Å². The first kappa shape index (κ1) is 18.2. The molecule has 25 heavy (non-hydrogen) atoms. The molecule has 0 amide bonds. The van der Waals surface area contributed by atoms with E-state index in [1.54, 1.807) is 18.2 Å². The number of halogens is 2. The molecular weight excluding hydrogens is 359 g/mol. The van der Waals surface area contributed by atoms with Gasteiger partial charge in [-0.05, 0) is 30.9 Å². The normalized spacial score (nSPS) is 15.3. The van der Waals surface area contributed by atoms with Crippen molar-refractivity contribution in [2.24, 2.45) is 5.92 Å². The van der Waals surface area contributed by atoms with E-state index in [9.17, 15) is 5.11 Å². The van der Waals surface area contributed by atoms with Crippen LogP contribution in [-0.2, 0) is 0 Å². The summed E-state index contributed by atoms with van der Waals surface area (Å²) in [6.07, 6.45) is 2.27. The number of rotatable bonds is 7. The average molecular weight is 381 g/mol. The fraction of sp³-hybridized carbons (Fsp3) is 0.444. The molecule has 1 atom stereocenters. The van der Waals surface area contributed by atoms with E-state index in [0.29, 0.717) is 33.4 Å². The van der Waals surface area contributed by atoms with Gasteiger partial charge in [0.15, 0.2) is 0 Å². The van der Waals surface area contributed by atoms with E-state index < -0.39 is 0 Å². The van der Waals surface area contributed by atoms with Crippen LogP contribution in [0.25, 0.3) is 0 Å². The summed E-state index contributed by atoms with van der Waals surface area (Å²) >= 11 is 12.5. The van der Waals surface area contributed by atoms with E-state index in [-0.39, 0.29) is 18.6 Å². The highest BCUT2D eigenvalue weighted by Gasteiger charge is 2.27. The zero-order valence-electron chi connectivity index (χ0n) is 14.3.